The number of aryl methyl sites for hydroxylation is 1. The second-order valence-electron chi connectivity index (χ2n) is 7.76. The third-order valence-corrected chi connectivity index (χ3v) is 5.52. The van der Waals surface area contributed by atoms with Crippen LogP contribution >= 0.6 is 24.8 Å². The zero-order valence-electron chi connectivity index (χ0n) is 17.3. The molecule has 3 aromatic rings. The van der Waals surface area contributed by atoms with Crippen molar-refractivity contribution in [3.8, 4) is 5.75 Å². The van der Waals surface area contributed by atoms with Crippen LogP contribution < -0.4 is 15.4 Å². The SMILES string of the molecule is Cc1cnc2cccc(OCCC3CC(CNc4ccccc4)CCN3)c2c1.Cl.Cl. The summed E-state index contributed by atoms with van der Waals surface area (Å²) in [5.74, 6) is 1.64. The van der Waals surface area contributed by atoms with Gasteiger partial charge < -0.3 is 15.4 Å². The van der Waals surface area contributed by atoms with Crippen LogP contribution in [-0.2, 0) is 0 Å². The lowest BCUT2D eigenvalue weighted by Crippen LogP contribution is -2.40. The first-order chi connectivity index (χ1) is 13.8. The Labute approximate surface area is 191 Å². The Hall–Kier alpha value is -2.01. The van der Waals surface area contributed by atoms with Gasteiger partial charge in [-0.2, -0.15) is 0 Å². The largest absolute Gasteiger partial charge is 0.493 e. The maximum atomic E-state index is 6.15. The van der Waals surface area contributed by atoms with Crippen LogP contribution in [0.1, 0.15) is 24.8 Å². The highest BCUT2D eigenvalue weighted by atomic mass is 35.5. The maximum Gasteiger partial charge on any atom is 0.128 e. The molecule has 0 radical (unpaired) electrons. The predicted molar refractivity (Wildman–Crippen MR) is 131 cm³/mol. The number of nitrogens with zero attached hydrogens (tertiary/aromatic N) is 1. The molecule has 1 saturated heterocycles. The number of aromatic nitrogens is 1. The lowest BCUT2D eigenvalue weighted by Gasteiger charge is -2.30. The third kappa shape index (κ3) is 6.49. The molecule has 2 aromatic carbocycles. The number of rotatable bonds is 7. The fraction of sp³-hybridized carbons (Fsp3) is 0.375. The molecule has 1 fully saturated rings. The van der Waals surface area contributed by atoms with Gasteiger partial charge in [-0.3, -0.25) is 4.98 Å². The van der Waals surface area contributed by atoms with Crippen molar-refractivity contribution in [1.82, 2.24) is 10.3 Å². The molecule has 0 amide bonds. The van der Waals surface area contributed by atoms with Gasteiger partial charge in [0.05, 0.1) is 12.1 Å². The van der Waals surface area contributed by atoms with Gasteiger partial charge in [-0.25, -0.2) is 0 Å². The highest BCUT2D eigenvalue weighted by Gasteiger charge is 2.21. The summed E-state index contributed by atoms with van der Waals surface area (Å²) in [5, 5.41) is 8.34. The number of hydrogen-bond donors (Lipinski definition) is 2. The molecule has 4 nitrogen and oxygen atoms in total. The Kier molecular flexibility index (Phi) is 9.70. The Morgan fingerprint density at radius 2 is 1.93 bits per heavy atom. The number of pyridine rings is 1. The molecule has 2 atom stereocenters. The highest BCUT2D eigenvalue weighted by molar-refractivity contribution is 5.86. The van der Waals surface area contributed by atoms with Crippen molar-refractivity contribution in [3.05, 3.63) is 66.4 Å². The molecule has 2 unspecified atom stereocenters. The molecule has 1 aliphatic heterocycles. The van der Waals surface area contributed by atoms with Crippen molar-refractivity contribution >= 4 is 41.4 Å². The van der Waals surface area contributed by atoms with Crippen LogP contribution in [0, 0.1) is 12.8 Å². The number of ether oxygens (including phenoxy) is 1. The third-order valence-electron chi connectivity index (χ3n) is 5.52. The van der Waals surface area contributed by atoms with Gasteiger partial charge in [0.15, 0.2) is 0 Å². The summed E-state index contributed by atoms with van der Waals surface area (Å²) in [4.78, 5) is 4.50. The topological polar surface area (TPSA) is 46.2 Å². The summed E-state index contributed by atoms with van der Waals surface area (Å²) in [5.41, 5.74) is 3.36. The molecule has 0 aliphatic carbocycles. The quantitative estimate of drug-likeness (QED) is 0.491. The Bertz CT molecular complexity index is 907. The summed E-state index contributed by atoms with van der Waals surface area (Å²) in [6.07, 6.45) is 5.35. The van der Waals surface area contributed by atoms with Gasteiger partial charge in [-0.15, -0.1) is 24.8 Å². The van der Waals surface area contributed by atoms with Gasteiger partial charge in [0.1, 0.15) is 5.75 Å². The normalized spacial score (nSPS) is 18.2. The number of fused-ring (bicyclic) bond motifs is 1. The summed E-state index contributed by atoms with van der Waals surface area (Å²) < 4.78 is 6.15. The minimum absolute atomic E-state index is 0. The second-order valence-corrected chi connectivity index (χ2v) is 7.76. The molecule has 1 aliphatic rings. The minimum atomic E-state index is 0. The monoisotopic (exact) mass is 447 g/mol. The van der Waals surface area contributed by atoms with Crippen molar-refractivity contribution in [2.24, 2.45) is 5.92 Å². The van der Waals surface area contributed by atoms with Gasteiger partial charge in [0, 0.05) is 29.9 Å². The first kappa shape index (κ1) is 24.3. The van der Waals surface area contributed by atoms with Crippen molar-refractivity contribution in [1.29, 1.82) is 0 Å². The van der Waals surface area contributed by atoms with Crippen LogP contribution in [0.15, 0.2) is 60.8 Å². The van der Waals surface area contributed by atoms with Crippen LogP contribution in [0.3, 0.4) is 0 Å². The standard InChI is InChI=1S/C24H29N3O.2ClH/c1-18-14-22-23(27-16-18)8-5-9-24(22)28-13-11-21-15-19(10-12-25-21)17-26-20-6-3-2-4-7-20;;/h2-9,14,16,19,21,25-26H,10-13,15,17H2,1H3;2*1H. The van der Waals surface area contributed by atoms with Gasteiger partial charge in [-0.1, -0.05) is 24.3 Å². The molecule has 2 heterocycles. The molecule has 0 bridgehead atoms. The number of benzene rings is 2. The van der Waals surface area contributed by atoms with Crippen molar-refractivity contribution in [2.45, 2.75) is 32.2 Å². The van der Waals surface area contributed by atoms with Crippen molar-refractivity contribution < 1.29 is 4.74 Å². The Morgan fingerprint density at radius 3 is 2.77 bits per heavy atom. The van der Waals surface area contributed by atoms with E-state index in [1.54, 1.807) is 0 Å². The van der Waals surface area contributed by atoms with Gasteiger partial charge in [0.25, 0.3) is 0 Å². The summed E-state index contributed by atoms with van der Waals surface area (Å²) in [6.45, 7) is 4.92. The van der Waals surface area contributed by atoms with E-state index in [-0.39, 0.29) is 24.8 Å². The number of halogens is 2. The molecular weight excluding hydrogens is 417 g/mol. The second kappa shape index (κ2) is 12.0. The van der Waals surface area contributed by atoms with Crippen LogP contribution in [0.5, 0.6) is 5.75 Å². The summed E-state index contributed by atoms with van der Waals surface area (Å²) in [6, 6.07) is 19.3. The molecule has 0 saturated carbocycles. The van der Waals surface area contributed by atoms with E-state index >= 15 is 0 Å². The van der Waals surface area contributed by atoms with Gasteiger partial charge >= 0.3 is 0 Å². The Balaban J connectivity index is 0.00000160. The predicted octanol–water partition coefficient (Wildman–Crippen LogP) is 5.64. The summed E-state index contributed by atoms with van der Waals surface area (Å²) >= 11 is 0. The first-order valence-electron chi connectivity index (χ1n) is 10.3. The van der Waals surface area contributed by atoms with Crippen LogP contribution in [0.2, 0.25) is 0 Å². The van der Waals surface area contributed by atoms with E-state index < -0.39 is 0 Å². The number of hydrogen-bond acceptors (Lipinski definition) is 4. The summed E-state index contributed by atoms with van der Waals surface area (Å²) in [7, 11) is 0. The molecule has 6 heteroatoms. The smallest absolute Gasteiger partial charge is 0.128 e. The van der Waals surface area contributed by atoms with E-state index in [4.69, 9.17) is 4.74 Å². The lowest BCUT2D eigenvalue weighted by atomic mass is 9.91. The van der Waals surface area contributed by atoms with E-state index in [0.717, 1.165) is 48.3 Å². The van der Waals surface area contributed by atoms with E-state index in [9.17, 15) is 0 Å². The van der Waals surface area contributed by atoms with Crippen molar-refractivity contribution in [3.63, 3.8) is 0 Å². The molecule has 0 spiro atoms. The molecule has 162 valence electrons. The highest BCUT2D eigenvalue weighted by Crippen LogP contribution is 2.26. The van der Waals surface area contributed by atoms with E-state index in [1.165, 1.54) is 18.5 Å². The van der Waals surface area contributed by atoms with Gasteiger partial charge in [-0.05, 0) is 74.5 Å². The number of nitrogens with one attached hydrogen (secondary N) is 2. The van der Waals surface area contributed by atoms with Crippen molar-refractivity contribution in [2.75, 3.05) is 25.0 Å². The van der Waals surface area contributed by atoms with Gasteiger partial charge in [0.2, 0.25) is 0 Å². The van der Waals surface area contributed by atoms with E-state index in [0.29, 0.717) is 12.0 Å². The molecular formula is C24H31Cl2N3O. The zero-order valence-corrected chi connectivity index (χ0v) is 19.0. The zero-order chi connectivity index (χ0) is 19.2. The number of para-hydroxylation sites is 1. The fourth-order valence-electron chi connectivity index (χ4n) is 3.98. The molecule has 1 aromatic heterocycles. The average Bonchev–Trinajstić information content (AvgIpc) is 2.74. The van der Waals surface area contributed by atoms with Crippen LogP contribution in [0.25, 0.3) is 10.9 Å². The van der Waals surface area contributed by atoms with E-state index in [1.807, 2.05) is 24.4 Å². The minimum Gasteiger partial charge on any atom is -0.493 e. The lowest BCUT2D eigenvalue weighted by molar-refractivity contribution is 0.244. The van der Waals surface area contributed by atoms with E-state index in [2.05, 4.69) is 58.9 Å². The Morgan fingerprint density at radius 1 is 1.10 bits per heavy atom. The average molecular weight is 448 g/mol. The first-order valence-corrected chi connectivity index (χ1v) is 10.3. The molecule has 4 rings (SSSR count). The fourth-order valence-corrected chi connectivity index (χ4v) is 3.98. The molecule has 30 heavy (non-hydrogen) atoms. The van der Waals surface area contributed by atoms with Crippen LogP contribution in [-0.4, -0.2) is 30.7 Å². The number of anilines is 1. The molecule has 2 N–H and O–H groups in total. The van der Waals surface area contributed by atoms with Crippen LogP contribution in [0.4, 0.5) is 5.69 Å². The number of piperidine rings is 1. The maximum absolute atomic E-state index is 6.15.